The highest BCUT2D eigenvalue weighted by Gasteiger charge is 2.23. The van der Waals surface area contributed by atoms with Gasteiger partial charge in [0.15, 0.2) is 0 Å². The molecule has 0 radical (unpaired) electrons. The number of nitrogens with one attached hydrogen (secondary N) is 2. The van der Waals surface area contributed by atoms with Crippen LogP contribution in [0.3, 0.4) is 0 Å². The molecule has 0 aliphatic carbocycles. The molecule has 0 aromatic heterocycles. The molecule has 94 valence electrons. The van der Waals surface area contributed by atoms with Crippen LogP contribution in [0.25, 0.3) is 0 Å². The van der Waals surface area contributed by atoms with E-state index in [-0.39, 0.29) is 11.9 Å². The third kappa shape index (κ3) is 4.97. The van der Waals surface area contributed by atoms with Crippen LogP contribution in [0.4, 0.5) is 0 Å². The molecule has 1 aliphatic heterocycles. The van der Waals surface area contributed by atoms with Gasteiger partial charge in [0.25, 0.3) is 0 Å². The maximum atomic E-state index is 11.8. The first-order valence-corrected chi connectivity index (χ1v) is 6.77. The van der Waals surface area contributed by atoms with E-state index in [0.29, 0.717) is 6.04 Å². The summed E-state index contributed by atoms with van der Waals surface area (Å²) in [5.74, 6) is 0.197. The molecule has 3 nitrogen and oxygen atoms in total. The Balaban J connectivity index is 2.09. The second-order valence-electron chi connectivity index (χ2n) is 4.90. The molecule has 1 rings (SSSR count). The Bertz CT molecular complexity index is 206. The van der Waals surface area contributed by atoms with Crippen molar-refractivity contribution in [3.63, 3.8) is 0 Å². The summed E-state index contributed by atoms with van der Waals surface area (Å²) in [6.07, 6.45) is 8.21. The largest absolute Gasteiger partial charge is 0.355 e. The third-order valence-corrected chi connectivity index (χ3v) is 3.26. The molecule has 0 saturated carbocycles. The van der Waals surface area contributed by atoms with Crippen molar-refractivity contribution in [1.29, 1.82) is 0 Å². The zero-order chi connectivity index (χ0) is 11.8. The molecular formula is C13H26N2O. The Kier molecular flexibility index (Phi) is 6.46. The van der Waals surface area contributed by atoms with Crippen molar-refractivity contribution >= 4 is 5.91 Å². The van der Waals surface area contributed by atoms with E-state index < -0.39 is 0 Å². The van der Waals surface area contributed by atoms with E-state index in [1.807, 2.05) is 0 Å². The van der Waals surface area contributed by atoms with Gasteiger partial charge < -0.3 is 10.6 Å². The second kappa shape index (κ2) is 7.66. The summed E-state index contributed by atoms with van der Waals surface area (Å²) in [7, 11) is 0. The van der Waals surface area contributed by atoms with Crippen molar-refractivity contribution in [2.45, 2.75) is 70.9 Å². The van der Waals surface area contributed by atoms with E-state index in [0.717, 1.165) is 19.4 Å². The molecule has 2 N–H and O–H groups in total. The fourth-order valence-electron chi connectivity index (χ4n) is 2.23. The minimum Gasteiger partial charge on any atom is -0.355 e. The summed E-state index contributed by atoms with van der Waals surface area (Å²) >= 11 is 0. The van der Waals surface area contributed by atoms with Gasteiger partial charge in [0.05, 0.1) is 6.04 Å². The van der Waals surface area contributed by atoms with Gasteiger partial charge in [-0.05, 0) is 32.6 Å². The lowest BCUT2D eigenvalue weighted by atomic mass is 9.99. The molecule has 3 heteroatoms. The van der Waals surface area contributed by atoms with E-state index in [1.54, 1.807) is 0 Å². The highest BCUT2D eigenvalue weighted by Crippen LogP contribution is 2.12. The van der Waals surface area contributed by atoms with Gasteiger partial charge in [0, 0.05) is 12.6 Å². The molecule has 1 saturated heterocycles. The summed E-state index contributed by atoms with van der Waals surface area (Å²) in [4.78, 5) is 11.8. The summed E-state index contributed by atoms with van der Waals surface area (Å²) in [6.45, 7) is 5.19. The number of amides is 1. The fourth-order valence-corrected chi connectivity index (χ4v) is 2.23. The number of rotatable bonds is 6. The lowest BCUT2D eigenvalue weighted by molar-refractivity contribution is -0.123. The van der Waals surface area contributed by atoms with Crippen LogP contribution in [0, 0.1) is 0 Å². The quantitative estimate of drug-likeness (QED) is 0.682. The highest BCUT2D eigenvalue weighted by atomic mass is 16.2. The Morgan fingerprint density at radius 2 is 2.12 bits per heavy atom. The van der Waals surface area contributed by atoms with Crippen LogP contribution in [-0.4, -0.2) is 24.5 Å². The average molecular weight is 226 g/mol. The molecule has 16 heavy (non-hydrogen) atoms. The Labute approximate surface area is 99.4 Å². The summed E-state index contributed by atoms with van der Waals surface area (Å²) < 4.78 is 0. The van der Waals surface area contributed by atoms with Gasteiger partial charge >= 0.3 is 0 Å². The fraction of sp³-hybridized carbons (Fsp3) is 0.923. The molecule has 1 heterocycles. The molecule has 0 bridgehead atoms. The normalized spacial score (nSPS) is 25.4. The first-order valence-electron chi connectivity index (χ1n) is 6.77. The van der Waals surface area contributed by atoms with Crippen molar-refractivity contribution in [1.82, 2.24) is 10.6 Å². The van der Waals surface area contributed by atoms with E-state index in [4.69, 9.17) is 0 Å². The summed E-state index contributed by atoms with van der Waals surface area (Å²) in [5, 5.41) is 6.39. The first-order chi connectivity index (χ1) is 7.74. The maximum absolute atomic E-state index is 11.8. The maximum Gasteiger partial charge on any atom is 0.237 e. The lowest BCUT2D eigenvalue weighted by Gasteiger charge is -2.27. The molecule has 0 spiro atoms. The number of hydrogen-bond donors (Lipinski definition) is 2. The van der Waals surface area contributed by atoms with Gasteiger partial charge in [-0.2, -0.15) is 0 Å². The molecule has 2 atom stereocenters. The zero-order valence-corrected chi connectivity index (χ0v) is 10.7. The van der Waals surface area contributed by atoms with Crippen molar-refractivity contribution in [3.05, 3.63) is 0 Å². The predicted octanol–water partition coefficient (Wildman–Crippen LogP) is 2.21. The van der Waals surface area contributed by atoms with Crippen molar-refractivity contribution in [2.75, 3.05) is 6.54 Å². The summed E-state index contributed by atoms with van der Waals surface area (Å²) in [6, 6.07) is 0.541. The Hall–Kier alpha value is -0.570. The molecule has 0 aromatic carbocycles. The van der Waals surface area contributed by atoms with Crippen LogP contribution in [0.5, 0.6) is 0 Å². The molecule has 1 aliphatic rings. The van der Waals surface area contributed by atoms with Crippen molar-refractivity contribution < 1.29 is 4.79 Å². The second-order valence-corrected chi connectivity index (χ2v) is 4.90. The van der Waals surface area contributed by atoms with Crippen LogP contribution in [0.1, 0.15) is 58.8 Å². The molecule has 0 aromatic rings. The number of carbonyl (C=O) groups is 1. The van der Waals surface area contributed by atoms with E-state index in [9.17, 15) is 4.79 Å². The van der Waals surface area contributed by atoms with E-state index in [1.165, 1.54) is 32.1 Å². The van der Waals surface area contributed by atoms with Gasteiger partial charge in [-0.3, -0.25) is 4.79 Å². The first kappa shape index (κ1) is 13.5. The van der Waals surface area contributed by atoms with Crippen LogP contribution in [0.15, 0.2) is 0 Å². The van der Waals surface area contributed by atoms with E-state index in [2.05, 4.69) is 24.5 Å². The van der Waals surface area contributed by atoms with Gasteiger partial charge in [-0.15, -0.1) is 0 Å². The monoisotopic (exact) mass is 226 g/mol. The number of piperidine rings is 1. The van der Waals surface area contributed by atoms with E-state index >= 15 is 0 Å². The highest BCUT2D eigenvalue weighted by molar-refractivity contribution is 5.81. The van der Waals surface area contributed by atoms with Crippen LogP contribution in [-0.2, 0) is 4.79 Å². The van der Waals surface area contributed by atoms with Crippen molar-refractivity contribution in [3.8, 4) is 0 Å². The molecule has 1 amide bonds. The average Bonchev–Trinajstić information content (AvgIpc) is 2.28. The molecule has 1 fully saturated rings. The lowest BCUT2D eigenvalue weighted by Crippen LogP contribution is -2.50. The van der Waals surface area contributed by atoms with Crippen molar-refractivity contribution in [2.24, 2.45) is 0 Å². The predicted molar refractivity (Wildman–Crippen MR) is 67.4 cm³/mol. The topological polar surface area (TPSA) is 41.1 Å². The third-order valence-electron chi connectivity index (χ3n) is 3.26. The van der Waals surface area contributed by atoms with Crippen LogP contribution >= 0.6 is 0 Å². The van der Waals surface area contributed by atoms with Gasteiger partial charge in [0.1, 0.15) is 0 Å². The minimum absolute atomic E-state index is 0.0509. The Morgan fingerprint density at radius 3 is 2.81 bits per heavy atom. The number of hydrogen-bond acceptors (Lipinski definition) is 2. The molecule has 2 unspecified atom stereocenters. The summed E-state index contributed by atoms with van der Waals surface area (Å²) in [5.41, 5.74) is 0. The standard InChI is InChI=1S/C13H26N2O/c1-3-4-5-6-10-14-13(16)12-9-7-8-11(2)15-12/h11-12,15H,3-10H2,1-2H3,(H,14,16). The zero-order valence-electron chi connectivity index (χ0n) is 10.7. The number of unbranched alkanes of at least 4 members (excludes halogenated alkanes) is 3. The minimum atomic E-state index is 0.0509. The smallest absolute Gasteiger partial charge is 0.237 e. The SMILES string of the molecule is CCCCCCNC(=O)C1CCCC(C)N1. The van der Waals surface area contributed by atoms with Crippen LogP contribution < -0.4 is 10.6 Å². The number of carbonyl (C=O) groups excluding carboxylic acids is 1. The van der Waals surface area contributed by atoms with Gasteiger partial charge in [0.2, 0.25) is 5.91 Å². The van der Waals surface area contributed by atoms with Gasteiger partial charge in [-0.1, -0.05) is 26.2 Å². The van der Waals surface area contributed by atoms with Crippen LogP contribution in [0.2, 0.25) is 0 Å². The van der Waals surface area contributed by atoms with Gasteiger partial charge in [-0.25, -0.2) is 0 Å². The Morgan fingerprint density at radius 1 is 1.31 bits per heavy atom. The molecular weight excluding hydrogens is 200 g/mol.